The van der Waals surface area contributed by atoms with E-state index in [1.807, 2.05) is 0 Å². The molecule has 12 heteroatoms. The standard InChI is InChI=1S/C25H24FN3O6S2/c1-35-23-11-9-18(36(31,32)28-12-4-5-13-28)15-21(23)27-25(30)16-29-22-10-8-17(26)14-20(22)19-6-2-3-7-24(19)37(29,33)34/h2-3,6-11,14-15H,4-5,12-13,16H2,1H3,(H,27,30). The molecule has 3 aromatic rings. The molecule has 0 atom stereocenters. The third-order valence-corrected chi connectivity index (χ3v) is 10.1. The summed E-state index contributed by atoms with van der Waals surface area (Å²) in [7, 11) is -6.53. The van der Waals surface area contributed by atoms with E-state index in [-0.39, 0.29) is 26.9 Å². The molecule has 0 spiro atoms. The molecule has 1 amide bonds. The number of rotatable bonds is 6. The third-order valence-electron chi connectivity index (χ3n) is 6.41. The van der Waals surface area contributed by atoms with Gasteiger partial charge in [-0.3, -0.25) is 9.10 Å². The van der Waals surface area contributed by atoms with E-state index >= 15 is 0 Å². The van der Waals surface area contributed by atoms with Crippen LogP contribution in [0.5, 0.6) is 5.75 Å². The largest absolute Gasteiger partial charge is 0.495 e. The molecule has 194 valence electrons. The molecule has 5 rings (SSSR count). The number of ether oxygens (including phenoxy) is 1. The zero-order chi connectivity index (χ0) is 26.4. The Morgan fingerprint density at radius 1 is 1.03 bits per heavy atom. The van der Waals surface area contributed by atoms with Gasteiger partial charge in [-0.1, -0.05) is 18.2 Å². The summed E-state index contributed by atoms with van der Waals surface area (Å²) in [6, 6.07) is 14.0. The number of anilines is 2. The molecule has 0 unspecified atom stereocenters. The molecule has 3 aromatic carbocycles. The van der Waals surface area contributed by atoms with Gasteiger partial charge >= 0.3 is 0 Å². The van der Waals surface area contributed by atoms with Crippen molar-refractivity contribution >= 4 is 37.3 Å². The average molecular weight is 546 g/mol. The zero-order valence-corrected chi connectivity index (χ0v) is 21.5. The lowest BCUT2D eigenvalue weighted by atomic mass is 10.0. The minimum Gasteiger partial charge on any atom is -0.495 e. The van der Waals surface area contributed by atoms with Crippen molar-refractivity contribution < 1.29 is 30.8 Å². The van der Waals surface area contributed by atoms with Gasteiger partial charge in [-0.15, -0.1) is 0 Å². The molecule has 0 saturated carbocycles. The second-order valence-corrected chi connectivity index (χ2v) is 12.5. The van der Waals surface area contributed by atoms with Crippen molar-refractivity contribution in [2.24, 2.45) is 0 Å². The van der Waals surface area contributed by atoms with Crippen LogP contribution in [0.2, 0.25) is 0 Å². The van der Waals surface area contributed by atoms with E-state index in [0.717, 1.165) is 23.2 Å². The number of methoxy groups -OCH3 is 1. The molecule has 2 aliphatic rings. The zero-order valence-electron chi connectivity index (χ0n) is 19.8. The third kappa shape index (κ3) is 4.45. The highest BCUT2D eigenvalue weighted by molar-refractivity contribution is 7.93. The second kappa shape index (κ2) is 9.43. The molecule has 9 nitrogen and oxygen atoms in total. The number of hydrogen-bond acceptors (Lipinski definition) is 6. The van der Waals surface area contributed by atoms with Gasteiger partial charge in [0.1, 0.15) is 18.1 Å². The van der Waals surface area contributed by atoms with Crippen molar-refractivity contribution in [3.8, 4) is 16.9 Å². The van der Waals surface area contributed by atoms with Crippen LogP contribution < -0.4 is 14.4 Å². The van der Waals surface area contributed by atoms with Crippen LogP contribution >= 0.6 is 0 Å². The van der Waals surface area contributed by atoms with Gasteiger partial charge in [-0.25, -0.2) is 21.2 Å². The Morgan fingerprint density at radius 3 is 2.49 bits per heavy atom. The monoisotopic (exact) mass is 545 g/mol. The quantitative estimate of drug-likeness (QED) is 0.508. The van der Waals surface area contributed by atoms with Crippen LogP contribution in [0, 0.1) is 5.82 Å². The Morgan fingerprint density at radius 2 is 1.76 bits per heavy atom. The van der Waals surface area contributed by atoms with E-state index in [4.69, 9.17) is 4.74 Å². The lowest BCUT2D eigenvalue weighted by Gasteiger charge is -2.31. The van der Waals surface area contributed by atoms with Gasteiger partial charge in [0.25, 0.3) is 10.0 Å². The lowest BCUT2D eigenvalue weighted by molar-refractivity contribution is -0.114. The minimum absolute atomic E-state index is 0.00848. The summed E-state index contributed by atoms with van der Waals surface area (Å²) in [5.74, 6) is -1.06. The molecule has 0 aromatic heterocycles. The molecule has 1 fully saturated rings. The molecule has 0 bridgehead atoms. The number of halogens is 1. The molecule has 1 N–H and O–H groups in total. The smallest absolute Gasteiger partial charge is 0.265 e. The van der Waals surface area contributed by atoms with Gasteiger partial charge in [0, 0.05) is 24.2 Å². The fourth-order valence-electron chi connectivity index (χ4n) is 4.62. The topological polar surface area (TPSA) is 113 Å². The van der Waals surface area contributed by atoms with Crippen molar-refractivity contribution in [2.75, 3.05) is 36.4 Å². The Labute approximate surface area is 214 Å². The normalized spacial score (nSPS) is 16.6. The Bertz CT molecular complexity index is 1600. The van der Waals surface area contributed by atoms with Crippen molar-refractivity contribution in [3.05, 3.63) is 66.5 Å². The fraction of sp³-hybridized carbons (Fsp3) is 0.240. The number of fused-ring (bicyclic) bond motifs is 3. The first-order chi connectivity index (χ1) is 17.6. The molecule has 2 aliphatic heterocycles. The molecular formula is C25H24FN3O6S2. The van der Waals surface area contributed by atoms with Gasteiger partial charge in [-0.2, -0.15) is 4.31 Å². The number of nitrogens with one attached hydrogen (secondary N) is 1. The van der Waals surface area contributed by atoms with Gasteiger partial charge in [0.15, 0.2) is 0 Å². The Balaban J connectivity index is 1.47. The first kappa shape index (κ1) is 25.2. The summed E-state index contributed by atoms with van der Waals surface area (Å²) in [6.45, 7) is 0.219. The lowest BCUT2D eigenvalue weighted by Crippen LogP contribution is -2.40. The average Bonchev–Trinajstić information content (AvgIpc) is 3.43. The van der Waals surface area contributed by atoms with Crippen LogP contribution in [0.25, 0.3) is 11.1 Å². The van der Waals surface area contributed by atoms with E-state index in [0.29, 0.717) is 24.2 Å². The van der Waals surface area contributed by atoms with Crippen LogP contribution in [-0.4, -0.2) is 53.8 Å². The second-order valence-electron chi connectivity index (χ2n) is 8.69. The maximum atomic E-state index is 14.1. The maximum absolute atomic E-state index is 14.1. The Kier molecular flexibility index (Phi) is 6.42. The van der Waals surface area contributed by atoms with Crippen molar-refractivity contribution in [3.63, 3.8) is 0 Å². The summed E-state index contributed by atoms with van der Waals surface area (Å²) in [5, 5.41) is 2.59. The summed E-state index contributed by atoms with van der Waals surface area (Å²) in [4.78, 5) is 13.1. The van der Waals surface area contributed by atoms with Crippen molar-refractivity contribution in [2.45, 2.75) is 22.6 Å². The van der Waals surface area contributed by atoms with Gasteiger partial charge in [0.2, 0.25) is 15.9 Å². The van der Waals surface area contributed by atoms with Crippen LogP contribution in [0.4, 0.5) is 15.8 Å². The number of carbonyl (C=O) groups excluding carboxylic acids is 1. The number of carbonyl (C=O) groups is 1. The van der Waals surface area contributed by atoms with Crippen LogP contribution in [0.15, 0.2) is 70.5 Å². The summed E-state index contributed by atoms with van der Waals surface area (Å²) in [6.07, 6.45) is 1.55. The van der Waals surface area contributed by atoms with Crippen LogP contribution in [0.1, 0.15) is 12.8 Å². The minimum atomic E-state index is -4.14. The summed E-state index contributed by atoms with van der Waals surface area (Å²) in [5.41, 5.74) is 0.930. The first-order valence-corrected chi connectivity index (χ1v) is 14.4. The van der Waals surface area contributed by atoms with Gasteiger partial charge in [-0.05, 0) is 55.3 Å². The van der Waals surface area contributed by atoms with Crippen molar-refractivity contribution in [1.29, 1.82) is 0 Å². The highest BCUT2D eigenvalue weighted by Crippen LogP contribution is 2.43. The molecular weight excluding hydrogens is 521 g/mol. The SMILES string of the molecule is COc1ccc(S(=O)(=O)N2CCCC2)cc1NC(=O)CN1c2ccc(F)cc2-c2ccccc2S1(=O)=O. The van der Waals surface area contributed by atoms with Gasteiger partial charge < -0.3 is 10.1 Å². The predicted octanol–water partition coefficient (Wildman–Crippen LogP) is 3.43. The number of sulfonamides is 2. The molecule has 1 saturated heterocycles. The highest BCUT2D eigenvalue weighted by atomic mass is 32.2. The molecule has 0 aliphatic carbocycles. The highest BCUT2D eigenvalue weighted by Gasteiger charge is 2.36. The van der Waals surface area contributed by atoms with Crippen LogP contribution in [0.3, 0.4) is 0 Å². The number of amides is 1. The van der Waals surface area contributed by atoms with E-state index in [1.165, 1.54) is 47.8 Å². The first-order valence-electron chi connectivity index (χ1n) is 11.5. The van der Waals surface area contributed by atoms with E-state index < -0.39 is 38.3 Å². The summed E-state index contributed by atoms with van der Waals surface area (Å²) < 4.78 is 74.6. The molecule has 0 radical (unpaired) electrons. The Hall–Kier alpha value is -3.48. The van der Waals surface area contributed by atoms with E-state index in [2.05, 4.69) is 5.32 Å². The van der Waals surface area contributed by atoms with Gasteiger partial charge in [0.05, 0.1) is 28.3 Å². The van der Waals surface area contributed by atoms with E-state index in [1.54, 1.807) is 18.2 Å². The predicted molar refractivity (Wildman–Crippen MR) is 136 cm³/mol. The number of hydrogen-bond donors (Lipinski definition) is 1. The fourth-order valence-corrected chi connectivity index (χ4v) is 7.81. The molecule has 2 heterocycles. The number of benzene rings is 3. The maximum Gasteiger partial charge on any atom is 0.265 e. The van der Waals surface area contributed by atoms with Crippen molar-refractivity contribution in [1.82, 2.24) is 4.31 Å². The molecule has 37 heavy (non-hydrogen) atoms. The van der Waals surface area contributed by atoms with E-state index in [9.17, 15) is 26.0 Å². The van der Waals surface area contributed by atoms with Crippen LogP contribution in [-0.2, 0) is 24.8 Å². The number of nitrogens with zero attached hydrogens (tertiary/aromatic N) is 2. The summed E-state index contributed by atoms with van der Waals surface area (Å²) >= 11 is 0.